The van der Waals surface area contributed by atoms with Gasteiger partial charge < -0.3 is 10.1 Å². The maximum absolute atomic E-state index is 13.9. The Morgan fingerprint density at radius 2 is 1.57 bits per heavy atom. The number of aryl methyl sites for hydroxylation is 2. The van der Waals surface area contributed by atoms with E-state index in [1.54, 1.807) is 72.8 Å². The molecule has 4 aromatic rings. The van der Waals surface area contributed by atoms with E-state index in [9.17, 15) is 13.2 Å². The average molecular weight is 577 g/mol. The largest absolute Gasteiger partial charge is 0.494 e. The van der Waals surface area contributed by atoms with Crippen LogP contribution in [0.3, 0.4) is 0 Å². The van der Waals surface area contributed by atoms with Crippen molar-refractivity contribution in [3.8, 4) is 5.75 Å². The SMILES string of the molecule is CCOc1ccccc1CCCNC(=O)c1ccccc1N(Cc1ccc(Cl)cc1)S(=O)(=O)c1ccc(C)cc1. The van der Waals surface area contributed by atoms with Crippen molar-refractivity contribution in [3.05, 3.63) is 124 Å². The van der Waals surface area contributed by atoms with E-state index >= 15 is 0 Å². The van der Waals surface area contributed by atoms with Crippen LogP contribution in [0.15, 0.2) is 102 Å². The van der Waals surface area contributed by atoms with Crippen LogP contribution in [0.4, 0.5) is 5.69 Å². The van der Waals surface area contributed by atoms with Crippen molar-refractivity contribution in [1.82, 2.24) is 5.32 Å². The zero-order valence-corrected chi connectivity index (χ0v) is 24.2. The standard InChI is InChI=1S/C32H33ClN2O4S/c1-3-39-31-13-7-4-9-26(31)10-8-22-34-32(36)29-11-5-6-12-30(29)35(23-25-16-18-27(33)19-17-25)40(37,38)28-20-14-24(2)15-21-28/h4-7,9,11-21H,3,8,10,22-23H2,1-2H3,(H,34,36). The van der Waals surface area contributed by atoms with Gasteiger partial charge in [-0.15, -0.1) is 0 Å². The molecule has 0 fully saturated rings. The van der Waals surface area contributed by atoms with E-state index in [0.29, 0.717) is 30.3 Å². The number of para-hydroxylation sites is 2. The Morgan fingerprint density at radius 3 is 2.30 bits per heavy atom. The number of halogens is 1. The maximum Gasteiger partial charge on any atom is 0.264 e. The van der Waals surface area contributed by atoms with Gasteiger partial charge in [-0.3, -0.25) is 9.10 Å². The lowest BCUT2D eigenvalue weighted by atomic mass is 10.1. The van der Waals surface area contributed by atoms with Crippen molar-refractivity contribution in [2.75, 3.05) is 17.5 Å². The predicted octanol–water partition coefficient (Wildman–Crippen LogP) is 6.81. The van der Waals surface area contributed by atoms with Gasteiger partial charge in [-0.05, 0) is 80.3 Å². The van der Waals surface area contributed by atoms with Crippen LogP contribution >= 0.6 is 11.6 Å². The van der Waals surface area contributed by atoms with Crippen LogP contribution in [0.25, 0.3) is 0 Å². The molecule has 1 N–H and O–H groups in total. The third-order valence-corrected chi connectivity index (χ3v) is 8.47. The van der Waals surface area contributed by atoms with Crippen molar-refractivity contribution in [2.45, 2.75) is 38.1 Å². The number of ether oxygens (including phenoxy) is 1. The second-order valence-corrected chi connectivity index (χ2v) is 11.7. The van der Waals surface area contributed by atoms with Gasteiger partial charge in [-0.25, -0.2) is 8.42 Å². The predicted molar refractivity (Wildman–Crippen MR) is 161 cm³/mol. The number of rotatable bonds is 12. The molecule has 0 unspecified atom stereocenters. The van der Waals surface area contributed by atoms with E-state index in [1.807, 2.05) is 38.1 Å². The number of nitrogens with zero attached hydrogens (tertiary/aromatic N) is 1. The minimum absolute atomic E-state index is 0.0336. The van der Waals surface area contributed by atoms with E-state index in [1.165, 1.54) is 4.31 Å². The highest BCUT2D eigenvalue weighted by Crippen LogP contribution is 2.30. The summed E-state index contributed by atoms with van der Waals surface area (Å²) >= 11 is 6.06. The average Bonchev–Trinajstić information content (AvgIpc) is 2.96. The van der Waals surface area contributed by atoms with Crippen LogP contribution in [0.5, 0.6) is 5.75 Å². The summed E-state index contributed by atoms with van der Waals surface area (Å²) in [5, 5.41) is 3.52. The second kappa shape index (κ2) is 13.5. The summed E-state index contributed by atoms with van der Waals surface area (Å²) in [6.45, 7) is 4.89. The molecule has 0 heterocycles. The van der Waals surface area contributed by atoms with Gasteiger partial charge in [-0.2, -0.15) is 0 Å². The van der Waals surface area contributed by atoms with Crippen molar-refractivity contribution < 1.29 is 17.9 Å². The van der Waals surface area contributed by atoms with Gasteiger partial charge in [-0.1, -0.05) is 71.8 Å². The van der Waals surface area contributed by atoms with E-state index in [-0.39, 0.29) is 22.9 Å². The first-order valence-electron chi connectivity index (χ1n) is 13.2. The summed E-state index contributed by atoms with van der Waals surface area (Å²) in [5.74, 6) is 0.509. The number of carbonyl (C=O) groups is 1. The Balaban J connectivity index is 1.58. The monoisotopic (exact) mass is 576 g/mol. The molecule has 6 nitrogen and oxygen atoms in total. The lowest BCUT2D eigenvalue weighted by Gasteiger charge is -2.27. The highest BCUT2D eigenvalue weighted by molar-refractivity contribution is 7.92. The zero-order chi connectivity index (χ0) is 28.5. The fourth-order valence-corrected chi connectivity index (χ4v) is 5.96. The van der Waals surface area contributed by atoms with Crippen LogP contribution in [-0.2, 0) is 23.0 Å². The Kier molecular flexibility index (Phi) is 9.85. The topological polar surface area (TPSA) is 75.7 Å². The highest BCUT2D eigenvalue weighted by Gasteiger charge is 2.28. The summed E-state index contributed by atoms with van der Waals surface area (Å²) in [6, 6.07) is 28.3. The molecule has 0 atom stereocenters. The number of anilines is 1. The third-order valence-electron chi connectivity index (χ3n) is 6.45. The molecular weight excluding hydrogens is 544 g/mol. The molecule has 40 heavy (non-hydrogen) atoms. The normalized spacial score (nSPS) is 11.2. The first-order valence-corrected chi connectivity index (χ1v) is 15.0. The third kappa shape index (κ3) is 7.23. The summed E-state index contributed by atoms with van der Waals surface area (Å²) in [6.07, 6.45) is 1.44. The second-order valence-electron chi connectivity index (χ2n) is 9.37. The molecule has 0 bridgehead atoms. The fourth-order valence-electron chi connectivity index (χ4n) is 4.36. The van der Waals surface area contributed by atoms with Gasteiger partial charge in [0.05, 0.1) is 29.3 Å². The molecule has 4 aromatic carbocycles. The molecular formula is C32H33ClN2O4S. The van der Waals surface area contributed by atoms with Crippen molar-refractivity contribution in [1.29, 1.82) is 0 Å². The van der Waals surface area contributed by atoms with Gasteiger partial charge in [0.15, 0.2) is 0 Å². The summed E-state index contributed by atoms with van der Waals surface area (Å²) in [5.41, 5.74) is 3.35. The van der Waals surface area contributed by atoms with E-state index in [2.05, 4.69) is 5.32 Å². The molecule has 0 spiro atoms. The molecule has 208 valence electrons. The summed E-state index contributed by atoms with van der Waals surface area (Å²) < 4.78 is 34.9. The smallest absolute Gasteiger partial charge is 0.264 e. The minimum Gasteiger partial charge on any atom is -0.494 e. The van der Waals surface area contributed by atoms with Gasteiger partial charge in [0.2, 0.25) is 0 Å². The Morgan fingerprint density at radius 1 is 0.900 bits per heavy atom. The number of amides is 1. The molecule has 0 aliphatic rings. The molecule has 0 saturated carbocycles. The van der Waals surface area contributed by atoms with Crippen LogP contribution in [0.2, 0.25) is 5.02 Å². The van der Waals surface area contributed by atoms with Crippen molar-refractivity contribution in [3.63, 3.8) is 0 Å². The molecule has 4 rings (SSSR count). The molecule has 0 aromatic heterocycles. The lowest BCUT2D eigenvalue weighted by molar-refractivity contribution is 0.0954. The van der Waals surface area contributed by atoms with Gasteiger partial charge in [0.1, 0.15) is 5.75 Å². The molecule has 1 amide bonds. The van der Waals surface area contributed by atoms with Crippen LogP contribution < -0.4 is 14.4 Å². The molecule has 0 aliphatic carbocycles. The van der Waals surface area contributed by atoms with Crippen molar-refractivity contribution >= 4 is 33.2 Å². The van der Waals surface area contributed by atoms with Crippen LogP contribution in [0, 0.1) is 6.92 Å². The summed E-state index contributed by atoms with van der Waals surface area (Å²) in [7, 11) is -4.00. The Bertz CT molecular complexity index is 1540. The van der Waals surface area contributed by atoms with Crippen LogP contribution in [0.1, 0.15) is 40.4 Å². The zero-order valence-electron chi connectivity index (χ0n) is 22.6. The first-order chi connectivity index (χ1) is 19.3. The number of carbonyl (C=O) groups excluding carboxylic acids is 1. The number of sulfonamides is 1. The highest BCUT2D eigenvalue weighted by atomic mass is 35.5. The van der Waals surface area contributed by atoms with Gasteiger partial charge >= 0.3 is 0 Å². The van der Waals surface area contributed by atoms with Crippen LogP contribution in [-0.4, -0.2) is 27.5 Å². The fraction of sp³-hybridized carbons (Fsp3) is 0.219. The molecule has 8 heteroatoms. The van der Waals surface area contributed by atoms with Gasteiger partial charge in [0.25, 0.3) is 15.9 Å². The number of nitrogens with one attached hydrogen (secondary N) is 1. The quantitative estimate of drug-likeness (QED) is 0.188. The first kappa shape index (κ1) is 29.2. The van der Waals surface area contributed by atoms with Gasteiger partial charge in [0, 0.05) is 11.6 Å². The van der Waals surface area contributed by atoms with E-state index in [0.717, 1.165) is 28.9 Å². The Labute approximate surface area is 241 Å². The number of benzene rings is 4. The molecule has 0 saturated heterocycles. The maximum atomic E-state index is 13.9. The molecule has 0 aliphatic heterocycles. The minimum atomic E-state index is -4.00. The Hall–Kier alpha value is -3.81. The number of hydrogen-bond acceptors (Lipinski definition) is 4. The van der Waals surface area contributed by atoms with E-state index in [4.69, 9.17) is 16.3 Å². The summed E-state index contributed by atoms with van der Waals surface area (Å²) in [4.78, 5) is 13.5. The van der Waals surface area contributed by atoms with E-state index < -0.39 is 10.0 Å². The van der Waals surface area contributed by atoms with Crippen molar-refractivity contribution in [2.24, 2.45) is 0 Å². The lowest BCUT2D eigenvalue weighted by Crippen LogP contribution is -2.34. The molecule has 0 radical (unpaired) electrons. The number of hydrogen-bond donors (Lipinski definition) is 1.